The number of aliphatic carboxylic acids is 1. The van der Waals surface area contributed by atoms with Crippen LogP contribution in [0.4, 0.5) is 10.1 Å². The van der Waals surface area contributed by atoms with Gasteiger partial charge in [0.15, 0.2) is 0 Å². The second-order valence-electron chi connectivity index (χ2n) is 5.59. The van der Waals surface area contributed by atoms with E-state index in [2.05, 4.69) is 18.7 Å². The molecule has 1 aliphatic heterocycles. The lowest BCUT2D eigenvalue weighted by Crippen LogP contribution is -2.40. The first kappa shape index (κ1) is 14.6. The molecule has 1 heterocycles. The summed E-state index contributed by atoms with van der Waals surface area (Å²) in [6.45, 7) is 5.29. The van der Waals surface area contributed by atoms with E-state index in [-0.39, 0.29) is 5.82 Å². The Morgan fingerprint density at radius 3 is 2.80 bits per heavy atom. The average molecular weight is 277 g/mol. The monoisotopic (exact) mass is 277 g/mol. The maximum absolute atomic E-state index is 13.7. The molecule has 1 aromatic carbocycles. The largest absolute Gasteiger partial charge is 0.478 e. The molecule has 0 amide bonds. The molecule has 1 N–H and O–H groups in total. The van der Waals surface area contributed by atoms with Gasteiger partial charge >= 0.3 is 5.97 Å². The number of rotatable bonds is 3. The highest BCUT2D eigenvalue weighted by molar-refractivity contribution is 5.85. The van der Waals surface area contributed by atoms with Crippen molar-refractivity contribution in [1.29, 1.82) is 0 Å². The zero-order chi connectivity index (χ0) is 14.7. The minimum Gasteiger partial charge on any atom is -0.478 e. The van der Waals surface area contributed by atoms with Gasteiger partial charge < -0.3 is 10.0 Å². The Hall–Kier alpha value is -1.84. The first-order valence-electron chi connectivity index (χ1n) is 6.94. The maximum atomic E-state index is 13.7. The van der Waals surface area contributed by atoms with E-state index in [1.807, 2.05) is 6.07 Å². The second kappa shape index (κ2) is 6.07. The van der Waals surface area contributed by atoms with Gasteiger partial charge in [-0.15, -0.1) is 0 Å². The van der Waals surface area contributed by atoms with Crippen molar-refractivity contribution in [2.24, 2.45) is 5.92 Å². The van der Waals surface area contributed by atoms with Crippen LogP contribution in [0.3, 0.4) is 0 Å². The van der Waals surface area contributed by atoms with Gasteiger partial charge in [0.25, 0.3) is 0 Å². The minimum atomic E-state index is -1.03. The molecule has 0 aliphatic carbocycles. The molecule has 0 spiro atoms. The summed E-state index contributed by atoms with van der Waals surface area (Å²) in [5.74, 6) is -0.671. The summed E-state index contributed by atoms with van der Waals surface area (Å²) in [6.07, 6.45) is 4.64. The lowest BCUT2D eigenvalue weighted by Gasteiger charge is -2.38. The zero-order valence-electron chi connectivity index (χ0n) is 11.8. The first-order valence-corrected chi connectivity index (χ1v) is 6.94. The topological polar surface area (TPSA) is 40.5 Å². The van der Waals surface area contributed by atoms with Crippen LogP contribution in [0.25, 0.3) is 6.08 Å². The highest BCUT2D eigenvalue weighted by Crippen LogP contribution is 2.29. The third-order valence-corrected chi connectivity index (χ3v) is 3.79. The van der Waals surface area contributed by atoms with Crippen LogP contribution < -0.4 is 4.90 Å². The number of hydrogen-bond donors (Lipinski definition) is 1. The number of carboxylic acids is 1. The lowest BCUT2D eigenvalue weighted by molar-refractivity contribution is -0.131. The fraction of sp³-hybridized carbons (Fsp3) is 0.438. The van der Waals surface area contributed by atoms with Crippen LogP contribution in [0.5, 0.6) is 0 Å². The van der Waals surface area contributed by atoms with Crippen molar-refractivity contribution in [1.82, 2.24) is 0 Å². The van der Waals surface area contributed by atoms with E-state index in [1.54, 1.807) is 0 Å². The normalized spacial score (nSPS) is 23.2. The Morgan fingerprint density at radius 1 is 1.40 bits per heavy atom. The summed E-state index contributed by atoms with van der Waals surface area (Å²) in [5.41, 5.74) is 1.41. The van der Waals surface area contributed by atoms with Gasteiger partial charge in [0.2, 0.25) is 0 Å². The predicted octanol–water partition coefficient (Wildman–Crippen LogP) is 3.55. The van der Waals surface area contributed by atoms with Gasteiger partial charge in [-0.25, -0.2) is 9.18 Å². The maximum Gasteiger partial charge on any atom is 0.328 e. The van der Waals surface area contributed by atoms with Crippen molar-refractivity contribution in [2.75, 3.05) is 11.4 Å². The van der Waals surface area contributed by atoms with Crippen molar-refractivity contribution < 1.29 is 14.3 Å². The van der Waals surface area contributed by atoms with Crippen molar-refractivity contribution in [2.45, 2.75) is 32.7 Å². The number of hydrogen-bond acceptors (Lipinski definition) is 2. The summed E-state index contributed by atoms with van der Waals surface area (Å²) in [7, 11) is 0. The number of benzene rings is 1. The summed E-state index contributed by atoms with van der Waals surface area (Å²) in [5, 5.41) is 8.64. The molecule has 1 fully saturated rings. The lowest BCUT2D eigenvalue weighted by atomic mass is 9.93. The van der Waals surface area contributed by atoms with Crippen molar-refractivity contribution >= 4 is 17.7 Å². The number of halogens is 1. The molecule has 2 rings (SSSR count). The molecule has 2 atom stereocenters. The van der Waals surface area contributed by atoms with E-state index in [4.69, 9.17) is 5.11 Å². The molecule has 3 nitrogen and oxygen atoms in total. The van der Waals surface area contributed by atoms with Gasteiger partial charge in [-0.05, 0) is 55.5 Å². The van der Waals surface area contributed by atoms with Crippen LogP contribution in [0, 0.1) is 11.7 Å². The van der Waals surface area contributed by atoms with Crippen LogP contribution in [0.15, 0.2) is 24.3 Å². The molecule has 0 radical (unpaired) electrons. The van der Waals surface area contributed by atoms with E-state index in [0.717, 1.165) is 31.1 Å². The van der Waals surface area contributed by atoms with Crippen molar-refractivity contribution in [3.63, 3.8) is 0 Å². The number of carboxylic acid groups (broad SMARTS) is 1. The summed E-state index contributed by atoms with van der Waals surface area (Å²) >= 11 is 0. The Morgan fingerprint density at radius 2 is 2.15 bits per heavy atom. The summed E-state index contributed by atoms with van der Waals surface area (Å²) in [4.78, 5) is 12.7. The van der Waals surface area contributed by atoms with Gasteiger partial charge in [-0.1, -0.05) is 6.92 Å². The molecule has 1 saturated heterocycles. The van der Waals surface area contributed by atoms with E-state index in [0.29, 0.717) is 17.5 Å². The van der Waals surface area contributed by atoms with E-state index < -0.39 is 5.97 Å². The van der Waals surface area contributed by atoms with Gasteiger partial charge in [-0.3, -0.25) is 0 Å². The number of piperidine rings is 1. The Balaban J connectivity index is 2.25. The second-order valence-corrected chi connectivity index (χ2v) is 5.59. The van der Waals surface area contributed by atoms with Gasteiger partial charge in [-0.2, -0.15) is 0 Å². The number of carbonyl (C=O) groups is 1. The molecular weight excluding hydrogens is 257 g/mol. The molecule has 1 aromatic rings. The fourth-order valence-corrected chi connectivity index (χ4v) is 2.82. The first-order chi connectivity index (χ1) is 9.45. The van der Waals surface area contributed by atoms with Crippen molar-refractivity contribution in [3.8, 4) is 0 Å². The van der Waals surface area contributed by atoms with E-state index in [1.165, 1.54) is 18.2 Å². The molecule has 2 unspecified atom stereocenters. The fourth-order valence-electron chi connectivity index (χ4n) is 2.82. The van der Waals surface area contributed by atoms with Gasteiger partial charge in [0, 0.05) is 24.4 Å². The Bertz CT molecular complexity index is 527. The Kier molecular flexibility index (Phi) is 4.42. The molecule has 0 saturated carbocycles. The van der Waals surface area contributed by atoms with Crippen LogP contribution in [0.1, 0.15) is 32.3 Å². The number of anilines is 1. The zero-order valence-corrected chi connectivity index (χ0v) is 11.8. The minimum absolute atomic E-state index is 0.335. The summed E-state index contributed by atoms with van der Waals surface area (Å²) in [6, 6.07) is 5.08. The summed E-state index contributed by atoms with van der Waals surface area (Å²) < 4.78 is 13.7. The highest BCUT2D eigenvalue weighted by atomic mass is 19.1. The standard InChI is InChI=1S/C16H20FNO2/c1-11-5-6-18(12(2)7-11)15-9-13(3-4-16(19)20)8-14(17)10-15/h3-4,8-12H,5-7H2,1-2H3,(H,19,20)/b4-3+. The molecule has 0 bridgehead atoms. The van der Waals surface area contributed by atoms with Crippen LogP contribution in [0.2, 0.25) is 0 Å². The quantitative estimate of drug-likeness (QED) is 0.859. The van der Waals surface area contributed by atoms with E-state index >= 15 is 0 Å². The third-order valence-electron chi connectivity index (χ3n) is 3.79. The molecule has 20 heavy (non-hydrogen) atoms. The van der Waals surface area contributed by atoms with Crippen LogP contribution >= 0.6 is 0 Å². The average Bonchev–Trinajstić information content (AvgIpc) is 2.35. The molecule has 4 heteroatoms. The Labute approximate surface area is 118 Å². The smallest absolute Gasteiger partial charge is 0.328 e. The SMILES string of the molecule is CC1CCN(c2cc(F)cc(/C=C/C(=O)O)c2)C(C)C1. The molecule has 1 aliphatic rings. The molecule has 0 aromatic heterocycles. The van der Waals surface area contributed by atoms with Gasteiger partial charge in [0.05, 0.1) is 0 Å². The van der Waals surface area contributed by atoms with Crippen LogP contribution in [-0.4, -0.2) is 23.7 Å². The van der Waals surface area contributed by atoms with Crippen LogP contribution in [-0.2, 0) is 4.79 Å². The molecule has 108 valence electrons. The van der Waals surface area contributed by atoms with Crippen molar-refractivity contribution in [3.05, 3.63) is 35.7 Å². The predicted molar refractivity (Wildman–Crippen MR) is 78.3 cm³/mol. The van der Waals surface area contributed by atoms with Gasteiger partial charge in [0.1, 0.15) is 5.82 Å². The van der Waals surface area contributed by atoms with E-state index in [9.17, 15) is 9.18 Å². The number of nitrogens with zero attached hydrogens (tertiary/aromatic N) is 1. The molecular formula is C16H20FNO2. The highest BCUT2D eigenvalue weighted by Gasteiger charge is 2.23. The third kappa shape index (κ3) is 3.59.